The minimum Gasteiger partial charge on any atom is -0.389 e. The summed E-state index contributed by atoms with van der Waals surface area (Å²) in [6, 6.07) is 9.27. The fourth-order valence-electron chi connectivity index (χ4n) is 1.27. The highest BCUT2D eigenvalue weighted by atomic mass is 16.3. The third-order valence-electron chi connectivity index (χ3n) is 2.63. The molecule has 2 unspecified atom stereocenters. The zero-order chi connectivity index (χ0) is 11.5. The van der Waals surface area contributed by atoms with Gasteiger partial charge in [-0.1, -0.05) is 30.3 Å². The first-order chi connectivity index (χ1) is 6.94. The summed E-state index contributed by atoms with van der Waals surface area (Å²) in [4.78, 5) is 11.1. The van der Waals surface area contributed by atoms with Gasteiger partial charge in [0, 0.05) is 6.42 Å². The van der Waals surface area contributed by atoms with E-state index in [0.717, 1.165) is 5.56 Å². The van der Waals surface area contributed by atoms with Crippen molar-refractivity contribution in [1.82, 2.24) is 0 Å². The van der Waals surface area contributed by atoms with Gasteiger partial charge in [0.1, 0.15) is 5.60 Å². The molecule has 3 nitrogen and oxygen atoms in total. The molecule has 0 amide bonds. The average Bonchev–Trinajstić information content (AvgIpc) is 2.18. The molecule has 0 aliphatic rings. The summed E-state index contributed by atoms with van der Waals surface area (Å²) in [5, 5.41) is 19.5. The summed E-state index contributed by atoms with van der Waals surface area (Å²) in [7, 11) is 0. The molecule has 0 radical (unpaired) electrons. The van der Waals surface area contributed by atoms with Gasteiger partial charge in [0.2, 0.25) is 0 Å². The third kappa shape index (κ3) is 2.88. The van der Waals surface area contributed by atoms with Crippen molar-refractivity contribution < 1.29 is 15.0 Å². The van der Waals surface area contributed by atoms with Gasteiger partial charge in [0.25, 0.3) is 0 Å². The molecule has 2 N–H and O–H groups in total. The second kappa shape index (κ2) is 4.55. The number of rotatable bonds is 4. The van der Waals surface area contributed by atoms with Crippen LogP contribution >= 0.6 is 0 Å². The van der Waals surface area contributed by atoms with Crippen LogP contribution in [0, 0.1) is 0 Å². The van der Waals surface area contributed by atoms with Crippen molar-refractivity contribution in [3.8, 4) is 0 Å². The molecule has 0 aliphatic carbocycles. The number of hydrogen-bond acceptors (Lipinski definition) is 3. The molecule has 0 aromatic heterocycles. The van der Waals surface area contributed by atoms with Crippen molar-refractivity contribution >= 4 is 5.78 Å². The van der Waals surface area contributed by atoms with E-state index >= 15 is 0 Å². The van der Waals surface area contributed by atoms with Gasteiger partial charge in [-0.2, -0.15) is 0 Å². The van der Waals surface area contributed by atoms with Crippen LogP contribution in [0.5, 0.6) is 0 Å². The van der Waals surface area contributed by atoms with Crippen LogP contribution < -0.4 is 0 Å². The first-order valence-corrected chi connectivity index (χ1v) is 4.90. The van der Waals surface area contributed by atoms with E-state index in [2.05, 4.69) is 0 Å². The third-order valence-corrected chi connectivity index (χ3v) is 2.63. The van der Waals surface area contributed by atoms with Crippen LogP contribution in [0.25, 0.3) is 0 Å². The van der Waals surface area contributed by atoms with Crippen molar-refractivity contribution in [3.63, 3.8) is 0 Å². The van der Waals surface area contributed by atoms with Crippen LogP contribution in [0.15, 0.2) is 30.3 Å². The van der Waals surface area contributed by atoms with Gasteiger partial charge in [-0.15, -0.1) is 0 Å². The molecule has 0 aliphatic heterocycles. The predicted octanol–water partition coefficient (Wildman–Crippen LogP) is 0.930. The Labute approximate surface area is 89.4 Å². The van der Waals surface area contributed by atoms with Crippen LogP contribution in [0.3, 0.4) is 0 Å². The van der Waals surface area contributed by atoms with E-state index in [1.165, 1.54) is 13.8 Å². The monoisotopic (exact) mass is 208 g/mol. The number of carbonyl (C=O) groups excluding carboxylic acids is 1. The molecule has 1 aromatic carbocycles. The Kier molecular flexibility index (Phi) is 3.61. The van der Waals surface area contributed by atoms with Crippen LogP contribution in [-0.2, 0) is 11.2 Å². The number of benzene rings is 1. The van der Waals surface area contributed by atoms with Crippen molar-refractivity contribution in [3.05, 3.63) is 35.9 Å². The van der Waals surface area contributed by atoms with Crippen molar-refractivity contribution in [1.29, 1.82) is 0 Å². The van der Waals surface area contributed by atoms with Gasteiger partial charge in [0.05, 0.1) is 6.10 Å². The number of ketones is 1. The summed E-state index contributed by atoms with van der Waals surface area (Å²) in [6.45, 7) is 2.61. The first-order valence-electron chi connectivity index (χ1n) is 4.90. The molecule has 0 spiro atoms. The van der Waals surface area contributed by atoms with Gasteiger partial charge < -0.3 is 10.2 Å². The lowest BCUT2D eigenvalue weighted by atomic mass is 9.90. The lowest BCUT2D eigenvalue weighted by Crippen LogP contribution is -2.46. The number of carbonyl (C=O) groups is 1. The molecule has 1 aromatic rings. The summed E-state index contributed by atoms with van der Waals surface area (Å²) in [6.07, 6.45) is -0.801. The minimum absolute atomic E-state index is 0.271. The van der Waals surface area contributed by atoms with E-state index in [9.17, 15) is 15.0 Å². The highest BCUT2D eigenvalue weighted by Crippen LogP contribution is 2.15. The molecule has 82 valence electrons. The van der Waals surface area contributed by atoms with E-state index in [1.807, 2.05) is 30.3 Å². The summed E-state index contributed by atoms with van der Waals surface area (Å²) in [5.74, 6) is -0.425. The average molecular weight is 208 g/mol. The van der Waals surface area contributed by atoms with E-state index in [0.29, 0.717) is 0 Å². The SMILES string of the molecule is CC(=O)C(C)(O)C(O)Cc1ccccc1. The maximum absolute atomic E-state index is 11.1. The van der Waals surface area contributed by atoms with Crippen molar-refractivity contribution in [2.75, 3.05) is 0 Å². The van der Waals surface area contributed by atoms with Gasteiger partial charge in [-0.25, -0.2) is 0 Å². The maximum Gasteiger partial charge on any atom is 0.163 e. The number of Topliss-reactive ketones (excluding diaryl/α,β-unsaturated/α-hetero) is 1. The Morgan fingerprint density at radius 1 is 1.40 bits per heavy atom. The Morgan fingerprint density at radius 3 is 2.40 bits per heavy atom. The second-order valence-electron chi connectivity index (χ2n) is 3.91. The maximum atomic E-state index is 11.1. The normalized spacial score (nSPS) is 16.8. The van der Waals surface area contributed by atoms with Crippen LogP contribution in [0.4, 0.5) is 0 Å². The molecule has 0 saturated carbocycles. The summed E-state index contributed by atoms with van der Waals surface area (Å²) >= 11 is 0. The lowest BCUT2D eigenvalue weighted by molar-refractivity contribution is -0.144. The number of aliphatic hydroxyl groups excluding tert-OH is 1. The smallest absolute Gasteiger partial charge is 0.163 e. The van der Waals surface area contributed by atoms with E-state index in [4.69, 9.17) is 0 Å². The zero-order valence-corrected chi connectivity index (χ0v) is 8.97. The van der Waals surface area contributed by atoms with Crippen LogP contribution in [0.1, 0.15) is 19.4 Å². The predicted molar refractivity (Wildman–Crippen MR) is 57.5 cm³/mol. The molecular formula is C12H16O3. The minimum atomic E-state index is -1.67. The molecule has 2 atom stereocenters. The summed E-state index contributed by atoms with van der Waals surface area (Å²) in [5.41, 5.74) is -0.776. The lowest BCUT2D eigenvalue weighted by Gasteiger charge is -2.26. The largest absolute Gasteiger partial charge is 0.389 e. The molecule has 0 saturated heterocycles. The summed E-state index contributed by atoms with van der Waals surface area (Å²) < 4.78 is 0. The van der Waals surface area contributed by atoms with Gasteiger partial charge in [-0.3, -0.25) is 4.79 Å². The Hall–Kier alpha value is -1.19. The molecule has 1 rings (SSSR count). The molecule has 0 heterocycles. The van der Waals surface area contributed by atoms with Crippen molar-refractivity contribution in [2.45, 2.75) is 32.0 Å². The first kappa shape index (κ1) is 11.9. The molecule has 0 bridgehead atoms. The fourth-order valence-corrected chi connectivity index (χ4v) is 1.27. The molecule has 0 fully saturated rings. The Bertz CT molecular complexity index is 330. The number of aliphatic hydroxyl groups is 2. The zero-order valence-electron chi connectivity index (χ0n) is 8.97. The highest BCUT2D eigenvalue weighted by Gasteiger charge is 2.35. The van der Waals surface area contributed by atoms with Crippen LogP contribution in [-0.4, -0.2) is 27.7 Å². The quantitative estimate of drug-likeness (QED) is 0.774. The van der Waals surface area contributed by atoms with E-state index in [1.54, 1.807) is 0 Å². The van der Waals surface area contributed by atoms with Gasteiger partial charge in [-0.05, 0) is 19.4 Å². The standard InChI is InChI=1S/C12H16O3/c1-9(13)12(2,15)11(14)8-10-6-4-3-5-7-10/h3-7,11,14-15H,8H2,1-2H3. The van der Waals surface area contributed by atoms with E-state index < -0.39 is 17.5 Å². The topological polar surface area (TPSA) is 57.5 Å². The molecule has 15 heavy (non-hydrogen) atoms. The number of hydrogen-bond donors (Lipinski definition) is 2. The van der Waals surface area contributed by atoms with E-state index in [-0.39, 0.29) is 6.42 Å². The highest BCUT2D eigenvalue weighted by molar-refractivity contribution is 5.84. The van der Waals surface area contributed by atoms with Gasteiger partial charge in [0.15, 0.2) is 5.78 Å². The Balaban J connectivity index is 2.72. The van der Waals surface area contributed by atoms with Crippen molar-refractivity contribution in [2.24, 2.45) is 0 Å². The fraction of sp³-hybridized carbons (Fsp3) is 0.417. The Morgan fingerprint density at radius 2 is 1.93 bits per heavy atom. The van der Waals surface area contributed by atoms with Gasteiger partial charge >= 0.3 is 0 Å². The molecule has 3 heteroatoms. The van der Waals surface area contributed by atoms with Crippen LogP contribution in [0.2, 0.25) is 0 Å². The molecular weight excluding hydrogens is 192 g/mol. The second-order valence-corrected chi connectivity index (χ2v) is 3.91.